The Morgan fingerprint density at radius 1 is 1.40 bits per heavy atom. The molecule has 1 amide bonds. The van der Waals surface area contributed by atoms with Gasteiger partial charge in [0.15, 0.2) is 0 Å². The fourth-order valence-electron chi connectivity index (χ4n) is 2.24. The summed E-state index contributed by atoms with van der Waals surface area (Å²) in [5, 5.41) is 3.74. The van der Waals surface area contributed by atoms with E-state index in [1.165, 1.54) is 0 Å². The molecule has 2 N–H and O–H groups in total. The Balaban J connectivity index is 1.98. The second-order valence-electron chi connectivity index (χ2n) is 5.54. The predicted molar refractivity (Wildman–Crippen MR) is 79.6 cm³/mol. The molecule has 1 fully saturated rings. The summed E-state index contributed by atoms with van der Waals surface area (Å²) in [4.78, 5) is 16.7. The maximum absolute atomic E-state index is 12.2. The Morgan fingerprint density at radius 2 is 2.00 bits per heavy atom. The van der Waals surface area contributed by atoms with Gasteiger partial charge < -0.3 is 15.2 Å². The van der Waals surface area contributed by atoms with Crippen LogP contribution >= 0.6 is 12.2 Å². The highest BCUT2D eigenvalue weighted by molar-refractivity contribution is 7.80. The van der Waals surface area contributed by atoms with Crippen molar-refractivity contribution in [2.75, 3.05) is 26.2 Å². The predicted octanol–water partition coefficient (Wildman–Crippen LogP) is 0.806. The zero-order valence-electron chi connectivity index (χ0n) is 12.0. The minimum atomic E-state index is -0.326. The highest BCUT2D eigenvalue weighted by atomic mass is 32.1. The molecule has 0 atom stereocenters. The average molecular weight is 296 g/mol. The molecule has 0 saturated carbocycles. The summed E-state index contributed by atoms with van der Waals surface area (Å²) in [6, 6.07) is 1.66. The first kappa shape index (κ1) is 14.9. The minimum Gasteiger partial charge on any atom is -0.392 e. The molecule has 0 unspecified atom stereocenters. The van der Waals surface area contributed by atoms with Crippen LogP contribution in [-0.2, 0) is 0 Å². The van der Waals surface area contributed by atoms with Crippen molar-refractivity contribution < 1.29 is 9.32 Å². The molecule has 6 nitrogen and oxygen atoms in total. The molecule has 1 aromatic heterocycles. The maximum Gasteiger partial charge on any atom is 0.292 e. The summed E-state index contributed by atoms with van der Waals surface area (Å²) < 4.78 is 5.02. The van der Waals surface area contributed by atoms with E-state index in [-0.39, 0.29) is 11.4 Å². The Morgan fingerprint density at radius 3 is 2.45 bits per heavy atom. The molecule has 1 aliphatic heterocycles. The van der Waals surface area contributed by atoms with Gasteiger partial charge in [-0.1, -0.05) is 17.4 Å². The molecular formula is C13H20N4O2S. The SMILES string of the molecule is Cc1cc(C(=O)N2CCN(C(C)(C)C(N)=S)CC2)on1. The normalized spacial score (nSPS) is 17.2. The molecule has 1 saturated heterocycles. The number of hydrogen-bond donors (Lipinski definition) is 1. The van der Waals surface area contributed by atoms with Crippen molar-refractivity contribution in [1.82, 2.24) is 15.0 Å². The smallest absolute Gasteiger partial charge is 0.292 e. The van der Waals surface area contributed by atoms with Gasteiger partial charge in [-0.15, -0.1) is 0 Å². The summed E-state index contributed by atoms with van der Waals surface area (Å²) >= 11 is 5.11. The van der Waals surface area contributed by atoms with Gasteiger partial charge in [-0.05, 0) is 20.8 Å². The van der Waals surface area contributed by atoms with Gasteiger partial charge in [0.25, 0.3) is 5.91 Å². The van der Waals surface area contributed by atoms with Crippen molar-refractivity contribution in [3.8, 4) is 0 Å². The van der Waals surface area contributed by atoms with Crippen LogP contribution in [0.15, 0.2) is 10.6 Å². The van der Waals surface area contributed by atoms with E-state index < -0.39 is 0 Å². The Bertz CT molecular complexity index is 518. The second kappa shape index (κ2) is 5.49. The number of rotatable bonds is 3. The third-order valence-corrected chi connectivity index (χ3v) is 4.30. The molecule has 0 spiro atoms. The van der Waals surface area contributed by atoms with Crippen molar-refractivity contribution in [3.63, 3.8) is 0 Å². The number of thiocarbonyl (C=S) groups is 1. The van der Waals surface area contributed by atoms with Crippen LogP contribution in [0.4, 0.5) is 0 Å². The van der Waals surface area contributed by atoms with Crippen LogP contribution in [0.2, 0.25) is 0 Å². The van der Waals surface area contributed by atoms with Crippen LogP contribution in [-0.4, -0.2) is 57.6 Å². The molecule has 0 bridgehead atoms. The lowest BCUT2D eigenvalue weighted by molar-refractivity contribution is 0.0504. The van der Waals surface area contributed by atoms with E-state index in [0.717, 1.165) is 13.1 Å². The minimum absolute atomic E-state index is 0.113. The number of aromatic nitrogens is 1. The molecule has 1 aromatic rings. The van der Waals surface area contributed by atoms with Crippen LogP contribution in [0, 0.1) is 6.92 Å². The molecule has 2 heterocycles. The zero-order valence-corrected chi connectivity index (χ0v) is 12.9. The number of hydrogen-bond acceptors (Lipinski definition) is 5. The molecule has 0 aliphatic carbocycles. The van der Waals surface area contributed by atoms with E-state index in [1.807, 2.05) is 13.8 Å². The van der Waals surface area contributed by atoms with Gasteiger partial charge in [-0.3, -0.25) is 9.69 Å². The molecule has 110 valence electrons. The van der Waals surface area contributed by atoms with Crippen molar-refractivity contribution in [3.05, 3.63) is 17.5 Å². The summed E-state index contributed by atoms with van der Waals surface area (Å²) in [6.45, 7) is 8.55. The summed E-state index contributed by atoms with van der Waals surface area (Å²) in [5.74, 6) is 0.183. The van der Waals surface area contributed by atoms with Gasteiger partial charge in [-0.2, -0.15) is 0 Å². The van der Waals surface area contributed by atoms with Crippen LogP contribution in [0.1, 0.15) is 30.1 Å². The van der Waals surface area contributed by atoms with E-state index >= 15 is 0 Å². The van der Waals surface area contributed by atoms with E-state index in [2.05, 4.69) is 10.1 Å². The lowest BCUT2D eigenvalue weighted by Crippen LogP contribution is -2.59. The third kappa shape index (κ3) is 2.83. The van der Waals surface area contributed by atoms with Crippen LogP contribution in [0.3, 0.4) is 0 Å². The molecule has 2 rings (SSSR count). The first-order chi connectivity index (χ1) is 9.32. The summed E-state index contributed by atoms with van der Waals surface area (Å²) in [6.07, 6.45) is 0. The standard InChI is InChI=1S/C13H20N4O2S/c1-9-8-10(19-15-9)11(18)16-4-6-17(7-5-16)13(2,3)12(14)20/h8H,4-7H2,1-3H3,(H2,14,20). The lowest BCUT2D eigenvalue weighted by atomic mass is 10.0. The number of carbonyl (C=O) groups excluding carboxylic acids is 1. The van der Waals surface area contributed by atoms with Crippen molar-refractivity contribution in [2.45, 2.75) is 26.3 Å². The number of nitrogens with two attached hydrogens (primary N) is 1. The second-order valence-corrected chi connectivity index (χ2v) is 5.97. The van der Waals surface area contributed by atoms with Gasteiger partial charge in [0, 0.05) is 32.2 Å². The van der Waals surface area contributed by atoms with Crippen molar-refractivity contribution in [1.29, 1.82) is 0 Å². The summed E-state index contributed by atoms with van der Waals surface area (Å²) in [5.41, 5.74) is 6.16. The van der Waals surface area contributed by atoms with Gasteiger partial charge in [0.2, 0.25) is 5.76 Å². The Kier molecular flexibility index (Phi) is 4.10. The van der Waals surface area contributed by atoms with E-state index in [4.69, 9.17) is 22.5 Å². The fourth-order valence-corrected chi connectivity index (χ4v) is 2.37. The van der Waals surface area contributed by atoms with E-state index in [9.17, 15) is 4.79 Å². The fraction of sp³-hybridized carbons (Fsp3) is 0.615. The zero-order chi connectivity index (χ0) is 14.9. The van der Waals surface area contributed by atoms with Gasteiger partial charge in [-0.25, -0.2) is 0 Å². The molecule has 7 heteroatoms. The van der Waals surface area contributed by atoms with Crippen LogP contribution in [0.25, 0.3) is 0 Å². The van der Waals surface area contributed by atoms with Crippen molar-refractivity contribution in [2.24, 2.45) is 5.73 Å². The highest BCUT2D eigenvalue weighted by Crippen LogP contribution is 2.18. The number of amides is 1. The third-order valence-electron chi connectivity index (χ3n) is 3.80. The van der Waals surface area contributed by atoms with Gasteiger partial charge in [0.05, 0.1) is 16.2 Å². The topological polar surface area (TPSA) is 75.6 Å². The monoisotopic (exact) mass is 296 g/mol. The van der Waals surface area contributed by atoms with E-state index in [1.54, 1.807) is 17.9 Å². The Labute approximate surface area is 123 Å². The average Bonchev–Trinajstić information content (AvgIpc) is 2.84. The molecule has 1 aliphatic rings. The number of aryl methyl sites for hydroxylation is 1. The van der Waals surface area contributed by atoms with Crippen LogP contribution in [0.5, 0.6) is 0 Å². The molecule has 0 radical (unpaired) electrons. The Hall–Kier alpha value is -1.47. The summed E-state index contributed by atoms with van der Waals surface area (Å²) in [7, 11) is 0. The van der Waals surface area contributed by atoms with Gasteiger partial charge in [0.1, 0.15) is 0 Å². The molecule has 0 aromatic carbocycles. The number of piperazine rings is 1. The number of nitrogens with zero attached hydrogens (tertiary/aromatic N) is 3. The molecular weight excluding hydrogens is 276 g/mol. The number of carbonyl (C=O) groups is 1. The maximum atomic E-state index is 12.2. The van der Waals surface area contributed by atoms with Crippen LogP contribution < -0.4 is 5.73 Å². The van der Waals surface area contributed by atoms with E-state index in [0.29, 0.717) is 29.5 Å². The lowest BCUT2D eigenvalue weighted by Gasteiger charge is -2.43. The molecule has 20 heavy (non-hydrogen) atoms. The quantitative estimate of drug-likeness (QED) is 0.832. The highest BCUT2D eigenvalue weighted by Gasteiger charge is 2.34. The van der Waals surface area contributed by atoms with Gasteiger partial charge >= 0.3 is 0 Å². The van der Waals surface area contributed by atoms with Crippen molar-refractivity contribution >= 4 is 23.1 Å². The first-order valence-corrected chi connectivity index (χ1v) is 7.00. The largest absolute Gasteiger partial charge is 0.392 e. The first-order valence-electron chi connectivity index (χ1n) is 6.60.